The van der Waals surface area contributed by atoms with Gasteiger partial charge in [-0.15, -0.1) is 0 Å². The van der Waals surface area contributed by atoms with E-state index in [9.17, 15) is 13.5 Å². The summed E-state index contributed by atoms with van der Waals surface area (Å²) in [7, 11) is -3.88. The largest absolute Gasteiger partial charge is 0.501 e. The normalized spacial score (nSPS) is 11.8. The van der Waals surface area contributed by atoms with Gasteiger partial charge in [0.05, 0.1) is 5.75 Å². The third-order valence-electron chi connectivity index (χ3n) is 2.72. The number of furan rings is 1. The second-order valence-electron chi connectivity index (χ2n) is 5.18. The molecule has 2 rings (SSSR count). The molecule has 0 aliphatic rings. The first kappa shape index (κ1) is 16.5. The number of benzene rings is 1. The molecule has 1 aromatic heterocycles. The Hall–Kier alpha value is -1.86. The summed E-state index contributed by atoms with van der Waals surface area (Å²) in [5.41, 5.74) is 6.10. The van der Waals surface area contributed by atoms with Crippen LogP contribution in [0, 0.1) is 5.92 Å². The molecule has 0 aliphatic heterocycles. The van der Waals surface area contributed by atoms with E-state index in [4.69, 9.17) is 25.9 Å². The van der Waals surface area contributed by atoms with Gasteiger partial charge in [0.25, 0.3) is 0 Å². The molecular formula is C14H16ClNO5S. The smallest absolute Gasteiger partial charge is 0.309 e. The van der Waals surface area contributed by atoms with Crippen LogP contribution < -0.4 is 9.92 Å². The van der Waals surface area contributed by atoms with Gasteiger partial charge < -0.3 is 19.4 Å². The molecule has 120 valence electrons. The van der Waals surface area contributed by atoms with Gasteiger partial charge in [0.15, 0.2) is 5.76 Å². The number of hydrogen-bond acceptors (Lipinski definition) is 6. The van der Waals surface area contributed by atoms with E-state index in [1.165, 1.54) is 0 Å². The van der Waals surface area contributed by atoms with Crippen LogP contribution in [-0.4, -0.2) is 19.3 Å². The number of anilines is 1. The first-order valence-electron chi connectivity index (χ1n) is 6.49. The van der Waals surface area contributed by atoms with E-state index in [1.807, 2.05) is 0 Å². The molecule has 0 atom stereocenters. The molecule has 1 heterocycles. The molecule has 0 amide bonds. The van der Waals surface area contributed by atoms with E-state index in [2.05, 4.69) is 0 Å². The number of aromatic hydroxyl groups is 1. The molecule has 6 nitrogen and oxygen atoms in total. The van der Waals surface area contributed by atoms with Crippen molar-refractivity contribution in [3.05, 3.63) is 29.3 Å². The highest BCUT2D eigenvalue weighted by molar-refractivity contribution is 7.87. The molecule has 0 aliphatic carbocycles. The number of halogens is 1. The molecule has 0 fully saturated rings. The Labute approximate surface area is 133 Å². The lowest BCUT2D eigenvalue weighted by Gasteiger charge is -2.07. The lowest BCUT2D eigenvalue weighted by molar-refractivity contribution is 0.430. The van der Waals surface area contributed by atoms with Crippen molar-refractivity contribution in [1.29, 1.82) is 0 Å². The third-order valence-corrected chi connectivity index (χ3v) is 4.47. The topological polar surface area (TPSA) is 103 Å². The standard InChI is InChI=1S/C14H16ClNO5S/c1-8(2)7-22(18,19)21-13-11(17)12(20-14(13)16)9-3-5-10(15)6-4-9/h3-6,8,17H,7,16H2,1-2H3. The highest BCUT2D eigenvalue weighted by Crippen LogP contribution is 2.45. The van der Waals surface area contributed by atoms with E-state index in [0.29, 0.717) is 10.6 Å². The minimum absolute atomic E-state index is 0.0175. The Balaban J connectivity index is 2.37. The summed E-state index contributed by atoms with van der Waals surface area (Å²) >= 11 is 5.79. The average molecular weight is 346 g/mol. The summed E-state index contributed by atoms with van der Waals surface area (Å²) in [6.45, 7) is 3.47. The van der Waals surface area contributed by atoms with Crippen molar-refractivity contribution in [3.8, 4) is 22.8 Å². The summed E-state index contributed by atoms with van der Waals surface area (Å²) in [4.78, 5) is 0. The average Bonchev–Trinajstić information content (AvgIpc) is 2.66. The fourth-order valence-electron chi connectivity index (χ4n) is 1.87. The quantitative estimate of drug-likeness (QED) is 0.806. The summed E-state index contributed by atoms with van der Waals surface area (Å²) in [5, 5.41) is 10.6. The zero-order valence-electron chi connectivity index (χ0n) is 12.0. The van der Waals surface area contributed by atoms with Crippen LogP contribution in [0.15, 0.2) is 28.7 Å². The fraction of sp³-hybridized carbons (Fsp3) is 0.286. The van der Waals surface area contributed by atoms with E-state index < -0.39 is 21.6 Å². The van der Waals surface area contributed by atoms with Crippen molar-refractivity contribution >= 4 is 27.6 Å². The second-order valence-corrected chi connectivity index (χ2v) is 7.23. The molecule has 0 saturated carbocycles. The van der Waals surface area contributed by atoms with Gasteiger partial charge in [0.2, 0.25) is 17.4 Å². The molecule has 0 unspecified atom stereocenters. The molecular weight excluding hydrogens is 330 g/mol. The van der Waals surface area contributed by atoms with Gasteiger partial charge in [-0.1, -0.05) is 25.4 Å². The number of nitrogen functional groups attached to an aromatic ring is 1. The SMILES string of the molecule is CC(C)CS(=O)(=O)Oc1c(N)oc(-c2ccc(Cl)cc2)c1O. The Morgan fingerprint density at radius 2 is 1.91 bits per heavy atom. The minimum atomic E-state index is -3.88. The van der Waals surface area contributed by atoms with E-state index >= 15 is 0 Å². The van der Waals surface area contributed by atoms with Crippen molar-refractivity contribution in [1.82, 2.24) is 0 Å². The van der Waals surface area contributed by atoms with Crippen LogP contribution in [0.25, 0.3) is 11.3 Å². The predicted octanol–water partition coefficient (Wildman–Crippen LogP) is 3.25. The lowest BCUT2D eigenvalue weighted by Crippen LogP contribution is -2.17. The van der Waals surface area contributed by atoms with Gasteiger partial charge in [-0.3, -0.25) is 0 Å². The zero-order chi connectivity index (χ0) is 16.5. The Morgan fingerprint density at radius 3 is 2.45 bits per heavy atom. The monoisotopic (exact) mass is 345 g/mol. The van der Waals surface area contributed by atoms with Gasteiger partial charge in [-0.05, 0) is 30.2 Å². The van der Waals surface area contributed by atoms with Crippen LogP contribution in [0.4, 0.5) is 5.88 Å². The van der Waals surface area contributed by atoms with E-state index in [1.54, 1.807) is 38.1 Å². The second kappa shape index (κ2) is 6.10. The maximum absolute atomic E-state index is 11.9. The third kappa shape index (κ3) is 3.66. The fourth-order valence-corrected chi connectivity index (χ4v) is 3.30. The van der Waals surface area contributed by atoms with Gasteiger partial charge in [-0.2, -0.15) is 8.42 Å². The minimum Gasteiger partial charge on any atom is -0.501 e. The molecule has 0 bridgehead atoms. The maximum Gasteiger partial charge on any atom is 0.309 e. The highest BCUT2D eigenvalue weighted by Gasteiger charge is 2.26. The van der Waals surface area contributed by atoms with Crippen LogP contribution in [0.3, 0.4) is 0 Å². The highest BCUT2D eigenvalue weighted by atomic mass is 35.5. The van der Waals surface area contributed by atoms with Crippen molar-refractivity contribution in [2.75, 3.05) is 11.5 Å². The van der Waals surface area contributed by atoms with Crippen molar-refractivity contribution in [2.45, 2.75) is 13.8 Å². The van der Waals surface area contributed by atoms with Crippen LogP contribution in [-0.2, 0) is 10.1 Å². The first-order valence-corrected chi connectivity index (χ1v) is 8.44. The van der Waals surface area contributed by atoms with Crippen LogP contribution >= 0.6 is 11.6 Å². The van der Waals surface area contributed by atoms with Crippen LogP contribution in [0.1, 0.15) is 13.8 Å². The van der Waals surface area contributed by atoms with Crippen molar-refractivity contribution in [2.24, 2.45) is 5.92 Å². The summed E-state index contributed by atoms with van der Waals surface area (Å²) in [5.74, 6) is -1.49. The molecule has 3 N–H and O–H groups in total. The molecule has 1 aromatic carbocycles. The molecule has 0 radical (unpaired) electrons. The lowest BCUT2D eigenvalue weighted by atomic mass is 10.1. The Morgan fingerprint density at radius 1 is 1.32 bits per heavy atom. The van der Waals surface area contributed by atoms with Crippen molar-refractivity contribution in [3.63, 3.8) is 0 Å². The van der Waals surface area contributed by atoms with E-state index in [0.717, 1.165) is 0 Å². The van der Waals surface area contributed by atoms with Gasteiger partial charge in [-0.25, -0.2) is 0 Å². The van der Waals surface area contributed by atoms with Crippen LogP contribution in [0.2, 0.25) is 5.02 Å². The zero-order valence-corrected chi connectivity index (χ0v) is 13.6. The summed E-state index contributed by atoms with van der Waals surface area (Å²) < 4.78 is 33.8. The molecule has 22 heavy (non-hydrogen) atoms. The van der Waals surface area contributed by atoms with Gasteiger partial charge in [0, 0.05) is 10.6 Å². The molecule has 0 spiro atoms. The van der Waals surface area contributed by atoms with Gasteiger partial charge >= 0.3 is 10.1 Å². The summed E-state index contributed by atoms with van der Waals surface area (Å²) in [6, 6.07) is 6.41. The molecule has 2 aromatic rings. The van der Waals surface area contributed by atoms with Crippen LogP contribution in [0.5, 0.6) is 11.5 Å². The molecule has 0 saturated heterocycles. The number of rotatable bonds is 5. The van der Waals surface area contributed by atoms with Crippen molar-refractivity contribution < 1.29 is 22.1 Å². The first-order chi connectivity index (χ1) is 10.2. The Kier molecular flexibility index (Phi) is 4.58. The molecule has 8 heteroatoms. The summed E-state index contributed by atoms with van der Waals surface area (Å²) in [6.07, 6.45) is 0. The predicted molar refractivity (Wildman–Crippen MR) is 84.5 cm³/mol. The number of nitrogens with two attached hydrogens (primary N) is 1. The maximum atomic E-state index is 11.9. The van der Waals surface area contributed by atoms with E-state index in [-0.39, 0.29) is 23.3 Å². The van der Waals surface area contributed by atoms with Gasteiger partial charge in [0.1, 0.15) is 0 Å². The number of hydrogen-bond donors (Lipinski definition) is 2. The Bertz CT molecular complexity index is 765.